The number of hydrogen-bond donors (Lipinski definition) is 0. The van der Waals surface area contributed by atoms with E-state index in [1.165, 1.54) is 0 Å². The van der Waals surface area contributed by atoms with Gasteiger partial charge in [0.1, 0.15) is 0 Å². The maximum atomic E-state index is 4.19. The van der Waals surface area contributed by atoms with Gasteiger partial charge in [-0.15, -0.1) is 0 Å². The standard InChI is InChI=1S/C10H8N2.CH3.Ir.H2O/c1-3-7-11-9(5-1)10-6-2-4-8-12-10;;;/h1-8H;1H3;;1H2/q;-1;;. The van der Waals surface area contributed by atoms with Crippen molar-refractivity contribution >= 4 is 0 Å². The van der Waals surface area contributed by atoms with Gasteiger partial charge in [-0.25, -0.2) is 0 Å². The molecule has 0 saturated heterocycles. The van der Waals surface area contributed by atoms with Crippen molar-refractivity contribution in [1.29, 1.82) is 0 Å². The number of nitrogens with zero attached hydrogens (tertiary/aromatic N) is 2. The Morgan fingerprint density at radius 1 is 0.733 bits per heavy atom. The molecule has 0 unspecified atom stereocenters. The molecule has 15 heavy (non-hydrogen) atoms. The Hall–Kier alpha value is -1.09. The second-order valence-electron chi connectivity index (χ2n) is 2.43. The Morgan fingerprint density at radius 3 is 1.40 bits per heavy atom. The molecule has 2 rings (SSSR count). The maximum absolute atomic E-state index is 4.19. The third-order valence-corrected chi connectivity index (χ3v) is 1.59. The molecule has 2 heterocycles. The van der Waals surface area contributed by atoms with Crippen LogP contribution in [0.1, 0.15) is 0 Å². The zero-order chi connectivity index (χ0) is 8.23. The Morgan fingerprint density at radius 2 is 1.13 bits per heavy atom. The van der Waals surface area contributed by atoms with Gasteiger partial charge in [0.25, 0.3) is 0 Å². The summed E-state index contributed by atoms with van der Waals surface area (Å²) in [6.45, 7) is 0. The van der Waals surface area contributed by atoms with Crippen LogP contribution < -0.4 is 0 Å². The topological polar surface area (TPSA) is 57.3 Å². The SMILES string of the molecule is O.[CH3-].[Ir].c1ccc(-c2ccccn2)nc1. The van der Waals surface area contributed by atoms with Gasteiger partial charge in [-0.2, -0.15) is 0 Å². The first-order valence-electron chi connectivity index (χ1n) is 3.79. The van der Waals surface area contributed by atoms with Crippen molar-refractivity contribution in [2.75, 3.05) is 0 Å². The molecule has 0 bridgehead atoms. The molecule has 0 saturated carbocycles. The molecule has 0 fully saturated rings. The second-order valence-corrected chi connectivity index (χ2v) is 2.43. The Labute approximate surface area is 103 Å². The summed E-state index contributed by atoms with van der Waals surface area (Å²) in [6.07, 6.45) is 3.54. The quantitative estimate of drug-likeness (QED) is 0.707. The fourth-order valence-corrected chi connectivity index (χ4v) is 1.03. The molecule has 2 aromatic rings. The van der Waals surface area contributed by atoms with Crippen LogP contribution in [0.15, 0.2) is 48.8 Å². The van der Waals surface area contributed by atoms with Gasteiger partial charge in [-0.3, -0.25) is 9.97 Å². The normalized spacial score (nSPS) is 7.73. The van der Waals surface area contributed by atoms with Gasteiger partial charge < -0.3 is 12.9 Å². The van der Waals surface area contributed by atoms with Gasteiger partial charge in [0, 0.05) is 32.5 Å². The summed E-state index contributed by atoms with van der Waals surface area (Å²) in [7, 11) is 0. The maximum Gasteiger partial charge on any atom is 0.0886 e. The average Bonchev–Trinajstić information content (AvgIpc) is 2.21. The van der Waals surface area contributed by atoms with Crippen LogP contribution in [-0.4, -0.2) is 15.4 Å². The Kier molecular flexibility index (Phi) is 8.97. The summed E-state index contributed by atoms with van der Waals surface area (Å²) in [6, 6.07) is 11.6. The summed E-state index contributed by atoms with van der Waals surface area (Å²) in [5.41, 5.74) is 1.83. The molecule has 0 atom stereocenters. The first kappa shape index (κ1) is 16.3. The van der Waals surface area contributed by atoms with Gasteiger partial charge in [-0.1, -0.05) is 12.1 Å². The van der Waals surface area contributed by atoms with Crippen molar-refractivity contribution in [3.8, 4) is 11.4 Å². The largest absolute Gasteiger partial charge is 0.412 e. The monoisotopic (exact) mass is 382 g/mol. The molecular formula is C11H13IrN2O-. The number of hydrogen-bond acceptors (Lipinski definition) is 2. The molecule has 2 N–H and O–H groups in total. The summed E-state index contributed by atoms with van der Waals surface area (Å²) in [4.78, 5) is 8.37. The third kappa shape index (κ3) is 4.30. The minimum absolute atomic E-state index is 0. The molecule has 0 amide bonds. The molecule has 0 aliphatic heterocycles. The van der Waals surface area contributed by atoms with Crippen LogP contribution >= 0.6 is 0 Å². The van der Waals surface area contributed by atoms with Crippen LogP contribution in [-0.2, 0) is 20.1 Å². The Bertz CT molecular complexity index is 316. The number of pyridine rings is 2. The van der Waals surface area contributed by atoms with Crippen molar-refractivity contribution in [1.82, 2.24) is 9.97 Å². The molecule has 0 aliphatic carbocycles. The summed E-state index contributed by atoms with van der Waals surface area (Å²) >= 11 is 0. The molecule has 83 valence electrons. The van der Waals surface area contributed by atoms with E-state index >= 15 is 0 Å². The van der Waals surface area contributed by atoms with Crippen LogP contribution in [0.25, 0.3) is 11.4 Å². The van der Waals surface area contributed by atoms with E-state index in [9.17, 15) is 0 Å². The van der Waals surface area contributed by atoms with Crippen LogP contribution in [0, 0.1) is 7.43 Å². The molecule has 4 heteroatoms. The smallest absolute Gasteiger partial charge is 0.0886 e. The van der Waals surface area contributed by atoms with Crippen LogP contribution in [0.3, 0.4) is 0 Å². The molecule has 1 radical (unpaired) electrons. The second kappa shape index (κ2) is 8.24. The van der Waals surface area contributed by atoms with Crippen LogP contribution in [0.5, 0.6) is 0 Å². The number of aromatic nitrogens is 2. The van der Waals surface area contributed by atoms with E-state index in [1.54, 1.807) is 12.4 Å². The van der Waals surface area contributed by atoms with Crippen molar-refractivity contribution < 1.29 is 25.6 Å². The fraction of sp³-hybridized carbons (Fsp3) is 0. The summed E-state index contributed by atoms with van der Waals surface area (Å²) < 4.78 is 0. The van der Waals surface area contributed by atoms with E-state index in [0.29, 0.717) is 0 Å². The van der Waals surface area contributed by atoms with E-state index in [4.69, 9.17) is 0 Å². The van der Waals surface area contributed by atoms with Crippen LogP contribution in [0.2, 0.25) is 0 Å². The van der Waals surface area contributed by atoms with E-state index in [1.807, 2.05) is 36.4 Å². The molecular weight excluding hydrogens is 368 g/mol. The van der Waals surface area contributed by atoms with Gasteiger partial charge in [0.2, 0.25) is 0 Å². The fourth-order valence-electron chi connectivity index (χ4n) is 1.03. The molecule has 0 aromatic carbocycles. The molecule has 0 spiro atoms. The number of rotatable bonds is 1. The van der Waals surface area contributed by atoms with Gasteiger partial charge in [-0.05, 0) is 24.3 Å². The summed E-state index contributed by atoms with van der Waals surface area (Å²) in [5, 5.41) is 0. The van der Waals surface area contributed by atoms with Crippen molar-refractivity contribution in [2.45, 2.75) is 0 Å². The van der Waals surface area contributed by atoms with E-state index in [-0.39, 0.29) is 33.0 Å². The minimum atomic E-state index is 0. The third-order valence-electron chi connectivity index (χ3n) is 1.59. The Balaban J connectivity index is 0. The minimum Gasteiger partial charge on any atom is -0.412 e. The van der Waals surface area contributed by atoms with E-state index < -0.39 is 0 Å². The predicted octanol–water partition coefficient (Wildman–Crippen LogP) is 1.77. The first-order chi connectivity index (χ1) is 5.97. The van der Waals surface area contributed by atoms with E-state index in [2.05, 4.69) is 9.97 Å². The van der Waals surface area contributed by atoms with Crippen molar-refractivity contribution in [3.05, 3.63) is 56.2 Å². The summed E-state index contributed by atoms with van der Waals surface area (Å²) in [5.74, 6) is 0. The predicted molar refractivity (Wildman–Crippen MR) is 57.5 cm³/mol. The molecule has 0 aliphatic rings. The van der Waals surface area contributed by atoms with Crippen LogP contribution in [0.4, 0.5) is 0 Å². The van der Waals surface area contributed by atoms with Gasteiger partial charge in [0.05, 0.1) is 11.4 Å². The zero-order valence-electron chi connectivity index (χ0n) is 8.35. The van der Waals surface area contributed by atoms with Crippen molar-refractivity contribution in [2.24, 2.45) is 0 Å². The van der Waals surface area contributed by atoms with E-state index in [0.717, 1.165) is 11.4 Å². The average molecular weight is 381 g/mol. The molecule has 3 nitrogen and oxygen atoms in total. The first-order valence-corrected chi connectivity index (χ1v) is 3.79. The van der Waals surface area contributed by atoms with Crippen molar-refractivity contribution in [3.63, 3.8) is 0 Å². The molecule has 2 aromatic heterocycles. The van der Waals surface area contributed by atoms with Gasteiger partial charge in [0.15, 0.2) is 0 Å². The van der Waals surface area contributed by atoms with Gasteiger partial charge >= 0.3 is 0 Å². The zero-order valence-corrected chi connectivity index (χ0v) is 10.7.